The summed E-state index contributed by atoms with van der Waals surface area (Å²) in [5, 5.41) is 15.0. The summed E-state index contributed by atoms with van der Waals surface area (Å²) in [4.78, 5) is 0.828. The zero-order valence-electron chi connectivity index (χ0n) is 6.18. The van der Waals surface area contributed by atoms with Gasteiger partial charge < -0.3 is 5.21 Å². The Morgan fingerprint density at radius 3 is 2.91 bits per heavy atom. The average molecular weight is 150 g/mol. The lowest BCUT2D eigenvalue weighted by molar-refractivity contribution is -0.567. The van der Waals surface area contributed by atoms with Crippen molar-refractivity contribution in [1.82, 2.24) is 0 Å². The van der Waals surface area contributed by atoms with Gasteiger partial charge in [0.2, 0.25) is 6.04 Å². The van der Waals surface area contributed by atoms with Crippen LogP contribution in [0.4, 0.5) is 0 Å². The van der Waals surface area contributed by atoms with E-state index >= 15 is 0 Å². The molecule has 3 heteroatoms. The lowest BCUT2D eigenvalue weighted by Crippen LogP contribution is -2.27. The fourth-order valence-electron chi connectivity index (χ4n) is 1.43. The van der Waals surface area contributed by atoms with Crippen molar-refractivity contribution in [2.75, 3.05) is 0 Å². The van der Waals surface area contributed by atoms with Gasteiger partial charge in [-0.1, -0.05) is 23.1 Å². The van der Waals surface area contributed by atoms with Crippen LogP contribution in [-0.2, 0) is 0 Å². The van der Waals surface area contributed by atoms with Gasteiger partial charge in [0.15, 0.2) is 0 Å². The smallest absolute Gasteiger partial charge is 0.208 e. The van der Waals surface area contributed by atoms with Crippen molar-refractivity contribution in [2.45, 2.75) is 24.9 Å². The van der Waals surface area contributed by atoms with Gasteiger partial charge >= 0.3 is 0 Å². The summed E-state index contributed by atoms with van der Waals surface area (Å²) >= 11 is 0. The van der Waals surface area contributed by atoms with Crippen LogP contribution in [0.2, 0.25) is 0 Å². The van der Waals surface area contributed by atoms with Crippen molar-refractivity contribution in [3.63, 3.8) is 0 Å². The number of hydrogen-bond acceptors (Lipinski definition) is 2. The van der Waals surface area contributed by atoms with E-state index in [2.05, 4.69) is 5.11 Å². The van der Waals surface area contributed by atoms with Crippen LogP contribution >= 0.6 is 0 Å². The Morgan fingerprint density at radius 1 is 1.27 bits per heavy atom. The Hall–Kier alpha value is -1.12. The topological polar surface area (TPSA) is 38.4 Å². The molecule has 0 aromatic heterocycles. The van der Waals surface area contributed by atoms with Crippen LogP contribution in [0.5, 0.6) is 0 Å². The molecule has 0 fully saturated rings. The molecule has 58 valence electrons. The molecule has 0 spiro atoms. The zero-order valence-corrected chi connectivity index (χ0v) is 6.18. The fourth-order valence-corrected chi connectivity index (χ4v) is 1.43. The highest BCUT2D eigenvalue weighted by atomic mass is 16.5. The number of allylic oxidation sites excluding steroid dienone is 2. The molecule has 0 saturated heterocycles. The summed E-state index contributed by atoms with van der Waals surface area (Å²) in [5.41, 5.74) is 0. The first kappa shape index (κ1) is 6.58. The highest BCUT2D eigenvalue weighted by Crippen LogP contribution is 2.18. The van der Waals surface area contributed by atoms with Gasteiger partial charge in [-0.15, -0.1) is 0 Å². The van der Waals surface area contributed by atoms with Crippen molar-refractivity contribution in [2.24, 2.45) is 5.11 Å². The summed E-state index contributed by atoms with van der Waals surface area (Å²) in [6.45, 7) is 0. The maximum absolute atomic E-state index is 11.1. The fraction of sp³-hybridized carbons (Fsp3) is 0.500. The summed E-state index contributed by atoms with van der Waals surface area (Å²) in [6.07, 6.45) is 9.70. The molecule has 11 heavy (non-hydrogen) atoms. The van der Waals surface area contributed by atoms with Gasteiger partial charge in [0, 0.05) is 6.42 Å². The van der Waals surface area contributed by atoms with E-state index in [9.17, 15) is 5.21 Å². The van der Waals surface area contributed by atoms with E-state index < -0.39 is 0 Å². The highest BCUT2D eigenvalue weighted by Gasteiger charge is 2.24. The largest absolute Gasteiger partial charge is 0.599 e. The molecule has 2 unspecified atom stereocenters. The Labute approximate surface area is 65.3 Å². The normalized spacial score (nSPS) is 40.5. The minimum absolute atomic E-state index is 0.0174. The van der Waals surface area contributed by atoms with Crippen LogP contribution in [0.3, 0.4) is 0 Å². The van der Waals surface area contributed by atoms with Crippen LogP contribution < -0.4 is 0 Å². The van der Waals surface area contributed by atoms with E-state index in [1.165, 1.54) is 0 Å². The second kappa shape index (κ2) is 2.49. The van der Waals surface area contributed by atoms with Crippen molar-refractivity contribution in [3.8, 4) is 0 Å². The molecule has 0 aromatic carbocycles. The number of hydrogen-bond donors (Lipinski definition) is 0. The SMILES string of the molecule is [O-][N+]1=NC2/C=C\C=C/C1CC2. The third-order valence-electron chi connectivity index (χ3n) is 2.08. The summed E-state index contributed by atoms with van der Waals surface area (Å²) in [7, 11) is 0. The first-order chi connectivity index (χ1) is 5.36. The summed E-state index contributed by atoms with van der Waals surface area (Å²) in [5.74, 6) is 0. The Balaban J connectivity index is 2.36. The summed E-state index contributed by atoms with van der Waals surface area (Å²) < 4.78 is 0. The third-order valence-corrected chi connectivity index (χ3v) is 2.08. The van der Waals surface area contributed by atoms with E-state index in [0.29, 0.717) is 0 Å². The van der Waals surface area contributed by atoms with Crippen LogP contribution in [-0.4, -0.2) is 16.9 Å². The van der Waals surface area contributed by atoms with Gasteiger partial charge in [0.05, 0.1) is 0 Å². The van der Waals surface area contributed by atoms with E-state index in [1.807, 2.05) is 24.3 Å². The Bertz CT molecular complexity index is 242. The van der Waals surface area contributed by atoms with E-state index in [0.717, 1.165) is 17.7 Å². The predicted octanol–water partition coefficient (Wildman–Crippen LogP) is 1.61. The molecule has 2 atom stereocenters. The van der Waals surface area contributed by atoms with Gasteiger partial charge in [0.1, 0.15) is 6.04 Å². The first-order valence-electron chi connectivity index (χ1n) is 3.88. The van der Waals surface area contributed by atoms with Crippen molar-refractivity contribution >= 4 is 0 Å². The highest BCUT2D eigenvalue weighted by molar-refractivity contribution is 5.11. The van der Waals surface area contributed by atoms with Gasteiger partial charge in [0.25, 0.3) is 0 Å². The van der Waals surface area contributed by atoms with Crippen molar-refractivity contribution in [1.29, 1.82) is 0 Å². The van der Waals surface area contributed by atoms with Gasteiger partial charge in [-0.05, 0) is 17.6 Å². The number of rotatable bonds is 0. The molecule has 2 bridgehead atoms. The zero-order chi connectivity index (χ0) is 7.68. The first-order valence-corrected chi connectivity index (χ1v) is 3.88. The van der Waals surface area contributed by atoms with E-state index in [4.69, 9.17) is 0 Å². The molecule has 0 radical (unpaired) electrons. The molecule has 0 N–H and O–H groups in total. The number of nitrogens with zero attached hydrogens (tertiary/aromatic N) is 2. The predicted molar refractivity (Wildman–Crippen MR) is 41.1 cm³/mol. The Morgan fingerprint density at radius 2 is 2.09 bits per heavy atom. The molecule has 1 aliphatic carbocycles. The second-order valence-electron chi connectivity index (χ2n) is 2.90. The monoisotopic (exact) mass is 150 g/mol. The van der Waals surface area contributed by atoms with Crippen LogP contribution in [0.25, 0.3) is 0 Å². The molecule has 2 heterocycles. The molecular weight excluding hydrogens is 140 g/mol. The maximum atomic E-state index is 11.1. The van der Waals surface area contributed by atoms with Gasteiger partial charge in [-0.2, -0.15) is 0 Å². The summed E-state index contributed by atoms with van der Waals surface area (Å²) in [6, 6.07) is 0.102. The van der Waals surface area contributed by atoms with Gasteiger partial charge in [-0.25, -0.2) is 0 Å². The number of azo groups is 1. The molecule has 0 aromatic rings. The average Bonchev–Trinajstić information content (AvgIpc) is 1.92. The van der Waals surface area contributed by atoms with Crippen LogP contribution in [0, 0.1) is 5.21 Å². The third kappa shape index (κ3) is 1.18. The van der Waals surface area contributed by atoms with Crippen LogP contribution in [0.1, 0.15) is 12.8 Å². The lowest BCUT2D eigenvalue weighted by atomic mass is 10.0. The minimum Gasteiger partial charge on any atom is -0.599 e. The molecule has 3 nitrogen and oxygen atoms in total. The molecule has 0 saturated carbocycles. The van der Waals surface area contributed by atoms with Gasteiger partial charge in [-0.3, -0.25) is 0 Å². The molecule has 3 aliphatic rings. The molecular formula is C8H10N2O. The molecule has 2 aliphatic heterocycles. The van der Waals surface area contributed by atoms with E-state index in [-0.39, 0.29) is 12.1 Å². The molecule has 3 rings (SSSR count). The van der Waals surface area contributed by atoms with Crippen LogP contribution in [0.15, 0.2) is 29.4 Å². The van der Waals surface area contributed by atoms with E-state index in [1.54, 1.807) is 0 Å². The quantitative estimate of drug-likeness (QED) is 0.382. The van der Waals surface area contributed by atoms with Crippen molar-refractivity contribution < 1.29 is 4.86 Å². The maximum Gasteiger partial charge on any atom is 0.208 e. The minimum atomic E-state index is -0.0174. The second-order valence-corrected chi connectivity index (χ2v) is 2.90. The standard InChI is InChI=1S/C8H10N2O/c11-10-8-4-2-1-3-7(9-10)5-6-8/h1-4,7-8H,5-6H2/b3-1-,4-2-. The van der Waals surface area contributed by atoms with Crippen molar-refractivity contribution in [3.05, 3.63) is 29.5 Å². The number of hydroxylamine groups is 1. The molecule has 0 amide bonds. The number of fused-ring (bicyclic) bond motifs is 2. The Kier molecular flexibility index (Phi) is 1.49. The lowest BCUT2D eigenvalue weighted by Gasteiger charge is -2.19.